The van der Waals surface area contributed by atoms with Gasteiger partial charge < -0.3 is 9.64 Å². The Hall–Kier alpha value is -1.55. The zero-order valence-electron chi connectivity index (χ0n) is 14.2. The number of carbonyl (C=O) groups is 1. The van der Waals surface area contributed by atoms with Gasteiger partial charge in [0, 0.05) is 18.1 Å². The number of ether oxygens (including phenoxy) is 1. The number of rotatable bonds is 4. The maximum atomic E-state index is 12.7. The molecule has 0 unspecified atom stereocenters. The van der Waals surface area contributed by atoms with Crippen LogP contribution in [-0.4, -0.2) is 30.0 Å². The fourth-order valence-corrected chi connectivity index (χ4v) is 3.48. The molecule has 0 aliphatic carbocycles. The predicted molar refractivity (Wildman–Crippen MR) is 101 cm³/mol. The molecule has 1 aliphatic heterocycles. The highest BCUT2D eigenvalue weighted by Crippen LogP contribution is 2.24. The Kier molecular flexibility index (Phi) is 6.00. The zero-order valence-corrected chi connectivity index (χ0v) is 15.7. The number of amides is 1. The molecular weight excluding hydrogens is 357 g/mol. The van der Waals surface area contributed by atoms with E-state index in [1.165, 1.54) is 5.56 Å². The maximum Gasteiger partial charge on any atom is 0.255 e. The van der Waals surface area contributed by atoms with E-state index in [0.29, 0.717) is 28.8 Å². The van der Waals surface area contributed by atoms with Gasteiger partial charge >= 0.3 is 0 Å². The molecular formula is C20H21Cl2NO2. The summed E-state index contributed by atoms with van der Waals surface area (Å²) < 4.78 is 6.03. The van der Waals surface area contributed by atoms with Crippen molar-refractivity contribution in [1.82, 2.24) is 4.90 Å². The quantitative estimate of drug-likeness (QED) is 0.739. The largest absolute Gasteiger partial charge is 0.372 e. The molecule has 25 heavy (non-hydrogen) atoms. The minimum absolute atomic E-state index is 0.0464. The van der Waals surface area contributed by atoms with E-state index in [1.54, 1.807) is 18.2 Å². The van der Waals surface area contributed by atoms with Gasteiger partial charge in [-0.05, 0) is 43.5 Å². The number of hydrogen-bond acceptors (Lipinski definition) is 2. The van der Waals surface area contributed by atoms with Crippen LogP contribution in [0.2, 0.25) is 10.0 Å². The molecule has 2 aromatic carbocycles. The summed E-state index contributed by atoms with van der Waals surface area (Å²) in [4.78, 5) is 14.5. The maximum absolute atomic E-state index is 12.7. The van der Waals surface area contributed by atoms with Crippen LogP contribution in [0.1, 0.15) is 34.3 Å². The van der Waals surface area contributed by atoms with Crippen molar-refractivity contribution in [3.63, 3.8) is 0 Å². The smallest absolute Gasteiger partial charge is 0.255 e. The molecule has 5 heteroatoms. The van der Waals surface area contributed by atoms with Crippen molar-refractivity contribution >= 4 is 29.1 Å². The molecule has 132 valence electrons. The van der Waals surface area contributed by atoms with E-state index in [2.05, 4.69) is 31.2 Å². The highest BCUT2D eigenvalue weighted by Gasteiger charge is 2.26. The highest BCUT2D eigenvalue weighted by molar-refractivity contribution is 6.36. The molecule has 1 saturated heterocycles. The third kappa shape index (κ3) is 4.75. The molecule has 0 spiro atoms. The van der Waals surface area contributed by atoms with Gasteiger partial charge in [0.2, 0.25) is 0 Å². The van der Waals surface area contributed by atoms with Gasteiger partial charge in [0.1, 0.15) is 0 Å². The van der Waals surface area contributed by atoms with E-state index in [-0.39, 0.29) is 12.0 Å². The molecule has 1 fully saturated rings. The summed E-state index contributed by atoms with van der Waals surface area (Å²) in [5.41, 5.74) is 2.87. The van der Waals surface area contributed by atoms with Crippen molar-refractivity contribution in [2.24, 2.45) is 0 Å². The molecule has 1 amide bonds. The summed E-state index contributed by atoms with van der Waals surface area (Å²) >= 11 is 12.1. The summed E-state index contributed by atoms with van der Waals surface area (Å²) in [6, 6.07) is 13.3. The van der Waals surface area contributed by atoms with Crippen molar-refractivity contribution in [2.45, 2.75) is 32.5 Å². The van der Waals surface area contributed by atoms with Crippen LogP contribution in [0.4, 0.5) is 0 Å². The van der Waals surface area contributed by atoms with E-state index in [0.717, 1.165) is 24.9 Å². The van der Waals surface area contributed by atoms with Gasteiger partial charge in [0.05, 0.1) is 23.3 Å². The molecule has 1 heterocycles. The van der Waals surface area contributed by atoms with Crippen molar-refractivity contribution in [3.8, 4) is 0 Å². The first-order chi connectivity index (χ1) is 12.0. The average molecular weight is 378 g/mol. The van der Waals surface area contributed by atoms with Crippen molar-refractivity contribution < 1.29 is 9.53 Å². The van der Waals surface area contributed by atoms with Crippen molar-refractivity contribution in [2.75, 3.05) is 13.1 Å². The lowest BCUT2D eigenvalue weighted by molar-refractivity contribution is -0.00672. The fourth-order valence-electron chi connectivity index (χ4n) is 2.99. The topological polar surface area (TPSA) is 29.5 Å². The number of piperidine rings is 1. The number of likely N-dealkylation sites (tertiary alicyclic amines) is 1. The Morgan fingerprint density at radius 3 is 2.68 bits per heavy atom. The van der Waals surface area contributed by atoms with E-state index >= 15 is 0 Å². The monoisotopic (exact) mass is 377 g/mol. The van der Waals surface area contributed by atoms with Crippen LogP contribution in [0.15, 0.2) is 42.5 Å². The number of carbonyl (C=O) groups excluding carboxylic acids is 1. The lowest BCUT2D eigenvalue weighted by Crippen LogP contribution is -2.43. The van der Waals surface area contributed by atoms with Crippen molar-refractivity contribution in [1.29, 1.82) is 0 Å². The second-order valence-corrected chi connectivity index (χ2v) is 7.28. The summed E-state index contributed by atoms with van der Waals surface area (Å²) in [6.07, 6.45) is 1.93. The summed E-state index contributed by atoms with van der Waals surface area (Å²) in [5, 5.41) is 0.916. The SMILES string of the molecule is Cc1ccc(CO[C@H]2CCCN(C(=O)c3ccc(Cl)cc3Cl)C2)cc1. The molecule has 0 radical (unpaired) electrons. The van der Waals surface area contributed by atoms with Crippen LogP contribution in [-0.2, 0) is 11.3 Å². The second kappa shape index (κ2) is 8.22. The molecule has 3 rings (SSSR count). The standard InChI is InChI=1S/C20H21Cl2NO2/c1-14-4-6-15(7-5-14)13-25-17-3-2-10-23(12-17)20(24)18-9-8-16(21)11-19(18)22/h4-9,11,17H,2-3,10,12-13H2,1H3/t17-/m0/s1. The van der Waals surface area contributed by atoms with Crippen molar-refractivity contribution in [3.05, 3.63) is 69.2 Å². The normalized spacial score (nSPS) is 17.6. The third-order valence-electron chi connectivity index (χ3n) is 4.43. The summed E-state index contributed by atoms with van der Waals surface area (Å²) in [7, 11) is 0. The van der Waals surface area contributed by atoms with E-state index in [4.69, 9.17) is 27.9 Å². The van der Waals surface area contributed by atoms with Crippen LogP contribution in [0.25, 0.3) is 0 Å². The Morgan fingerprint density at radius 1 is 1.20 bits per heavy atom. The number of hydrogen-bond donors (Lipinski definition) is 0. The van der Waals surface area contributed by atoms with Gasteiger partial charge in [-0.3, -0.25) is 4.79 Å². The van der Waals surface area contributed by atoms with Gasteiger partial charge in [-0.25, -0.2) is 0 Å². The van der Waals surface area contributed by atoms with E-state index in [1.807, 2.05) is 4.90 Å². The lowest BCUT2D eigenvalue weighted by Gasteiger charge is -2.33. The Labute approximate surface area is 158 Å². The highest BCUT2D eigenvalue weighted by atomic mass is 35.5. The second-order valence-electron chi connectivity index (χ2n) is 6.44. The first kappa shape index (κ1) is 18.2. The fraction of sp³-hybridized carbons (Fsp3) is 0.350. The molecule has 1 aliphatic rings. The zero-order chi connectivity index (χ0) is 17.8. The Bertz CT molecular complexity index is 746. The van der Waals surface area contributed by atoms with E-state index < -0.39 is 0 Å². The van der Waals surface area contributed by atoms with E-state index in [9.17, 15) is 4.79 Å². The molecule has 0 aromatic heterocycles. The average Bonchev–Trinajstić information content (AvgIpc) is 2.61. The molecule has 0 N–H and O–H groups in total. The Morgan fingerprint density at radius 2 is 1.96 bits per heavy atom. The van der Waals surface area contributed by atoms with Gasteiger partial charge in [-0.15, -0.1) is 0 Å². The lowest BCUT2D eigenvalue weighted by atomic mass is 10.1. The molecule has 2 aromatic rings. The Balaban J connectivity index is 1.60. The van der Waals surface area contributed by atoms with Gasteiger partial charge in [-0.2, -0.15) is 0 Å². The third-order valence-corrected chi connectivity index (χ3v) is 4.98. The van der Waals surface area contributed by atoms with Crippen LogP contribution in [0.5, 0.6) is 0 Å². The molecule has 0 saturated carbocycles. The van der Waals surface area contributed by atoms with Gasteiger partial charge in [-0.1, -0.05) is 53.0 Å². The molecule has 3 nitrogen and oxygen atoms in total. The van der Waals surface area contributed by atoms with Gasteiger partial charge in [0.15, 0.2) is 0 Å². The molecule has 0 bridgehead atoms. The van der Waals surface area contributed by atoms with Gasteiger partial charge in [0.25, 0.3) is 5.91 Å². The first-order valence-corrected chi connectivity index (χ1v) is 9.20. The number of aryl methyl sites for hydroxylation is 1. The van der Waals surface area contributed by atoms with Crippen LogP contribution in [0.3, 0.4) is 0 Å². The summed E-state index contributed by atoms with van der Waals surface area (Å²) in [5.74, 6) is -0.0645. The minimum Gasteiger partial charge on any atom is -0.372 e. The summed E-state index contributed by atoms with van der Waals surface area (Å²) in [6.45, 7) is 3.94. The predicted octanol–water partition coefficient (Wildman–Crippen LogP) is 5.12. The minimum atomic E-state index is -0.0645. The van der Waals surface area contributed by atoms with Crippen LogP contribution in [0, 0.1) is 6.92 Å². The number of benzene rings is 2. The first-order valence-electron chi connectivity index (χ1n) is 8.44. The number of halogens is 2. The molecule has 1 atom stereocenters. The van der Waals surface area contributed by atoms with Crippen LogP contribution >= 0.6 is 23.2 Å². The number of nitrogens with zero attached hydrogens (tertiary/aromatic N) is 1. The van der Waals surface area contributed by atoms with Crippen LogP contribution < -0.4 is 0 Å².